The normalized spacial score (nSPS) is 18.6. The SMILES string of the molecule is CCCCNC(=O)c1ccc(C2=C(Br)C(c3cc(Cl)cc(Cl)c3)(C(F)(F)F)ON2)cc1C. The third-order valence-electron chi connectivity index (χ3n) is 5.08. The van der Waals surface area contributed by atoms with Crippen LogP contribution in [0.3, 0.4) is 0 Å². The van der Waals surface area contributed by atoms with Crippen molar-refractivity contribution in [3.8, 4) is 0 Å². The summed E-state index contributed by atoms with van der Waals surface area (Å²) in [5, 5.41) is 2.92. The molecule has 10 heteroatoms. The number of nitrogens with one attached hydrogen (secondary N) is 2. The van der Waals surface area contributed by atoms with Gasteiger partial charge in [0.15, 0.2) is 0 Å². The van der Waals surface area contributed by atoms with Crippen molar-refractivity contribution in [2.75, 3.05) is 6.54 Å². The van der Waals surface area contributed by atoms with E-state index in [1.54, 1.807) is 25.1 Å². The highest BCUT2D eigenvalue weighted by Crippen LogP contribution is 2.54. The number of benzene rings is 2. The second-order valence-corrected chi connectivity index (χ2v) is 9.04. The quantitative estimate of drug-likeness (QED) is 0.384. The molecule has 32 heavy (non-hydrogen) atoms. The summed E-state index contributed by atoms with van der Waals surface area (Å²) >= 11 is 15.0. The average molecular weight is 552 g/mol. The van der Waals surface area contributed by atoms with Gasteiger partial charge in [-0.15, -0.1) is 0 Å². The molecule has 3 rings (SSSR count). The van der Waals surface area contributed by atoms with Crippen LogP contribution < -0.4 is 10.8 Å². The number of amides is 1. The lowest BCUT2D eigenvalue weighted by molar-refractivity contribution is -0.270. The van der Waals surface area contributed by atoms with Crippen molar-refractivity contribution in [2.24, 2.45) is 0 Å². The van der Waals surface area contributed by atoms with E-state index in [0.29, 0.717) is 23.2 Å². The van der Waals surface area contributed by atoms with Crippen LogP contribution in [0.25, 0.3) is 5.70 Å². The molecule has 4 nitrogen and oxygen atoms in total. The largest absolute Gasteiger partial charge is 0.429 e. The summed E-state index contributed by atoms with van der Waals surface area (Å²) < 4.78 is 42.7. The van der Waals surface area contributed by atoms with Gasteiger partial charge in [-0.1, -0.05) is 42.6 Å². The van der Waals surface area contributed by atoms with Gasteiger partial charge in [0.1, 0.15) is 0 Å². The molecule has 0 saturated heterocycles. The maximum Gasteiger partial charge on any atom is 0.429 e. The van der Waals surface area contributed by atoms with Gasteiger partial charge in [0.2, 0.25) is 5.60 Å². The zero-order valence-electron chi connectivity index (χ0n) is 17.2. The molecule has 0 radical (unpaired) electrons. The molecule has 1 aliphatic heterocycles. The van der Waals surface area contributed by atoms with Crippen LogP contribution in [0.15, 0.2) is 40.9 Å². The van der Waals surface area contributed by atoms with Gasteiger partial charge in [-0.2, -0.15) is 13.2 Å². The summed E-state index contributed by atoms with van der Waals surface area (Å²) in [6.07, 6.45) is -3.04. The van der Waals surface area contributed by atoms with Crippen molar-refractivity contribution < 1.29 is 22.8 Å². The van der Waals surface area contributed by atoms with Crippen molar-refractivity contribution in [1.29, 1.82) is 0 Å². The molecule has 172 valence electrons. The molecule has 1 aliphatic rings. The number of hydrogen-bond acceptors (Lipinski definition) is 3. The van der Waals surface area contributed by atoms with Crippen LogP contribution in [0.2, 0.25) is 10.0 Å². The van der Waals surface area contributed by atoms with Gasteiger partial charge in [-0.05, 0) is 65.2 Å². The molecule has 0 aliphatic carbocycles. The number of hydrogen-bond donors (Lipinski definition) is 2. The minimum Gasteiger partial charge on any atom is -0.352 e. The standard InChI is InChI=1S/C22H20BrCl2F3N2O2/c1-3-4-7-29-20(31)17-6-5-13(8-12(17)2)18-19(23)21(32-30-18,22(26,27)28)14-9-15(24)11-16(25)10-14/h5-6,8-11,30H,3-4,7H2,1-2H3,(H,29,31). The van der Waals surface area contributed by atoms with E-state index in [0.717, 1.165) is 25.0 Å². The van der Waals surface area contributed by atoms with E-state index in [9.17, 15) is 18.0 Å². The number of hydroxylamine groups is 1. The van der Waals surface area contributed by atoms with E-state index in [-0.39, 0.29) is 31.7 Å². The summed E-state index contributed by atoms with van der Waals surface area (Å²) in [5.74, 6) is -0.232. The lowest BCUT2D eigenvalue weighted by Gasteiger charge is -2.30. The molecule has 2 aromatic carbocycles. The Morgan fingerprint density at radius 2 is 1.84 bits per heavy atom. The fourth-order valence-corrected chi connectivity index (χ4v) is 4.79. The lowest BCUT2D eigenvalue weighted by Crippen LogP contribution is -2.44. The Labute approximate surface area is 202 Å². The number of unbranched alkanes of at least 4 members (excludes halogenated alkanes) is 1. The fraction of sp³-hybridized carbons (Fsp3) is 0.318. The summed E-state index contributed by atoms with van der Waals surface area (Å²) in [4.78, 5) is 17.5. The molecule has 0 saturated carbocycles. The summed E-state index contributed by atoms with van der Waals surface area (Å²) in [6.45, 7) is 4.29. The van der Waals surface area contributed by atoms with E-state index in [4.69, 9.17) is 28.0 Å². The summed E-state index contributed by atoms with van der Waals surface area (Å²) in [5.41, 5.74) is 0.837. The molecule has 2 N–H and O–H groups in total. The Hall–Kier alpha value is -1.74. The highest BCUT2D eigenvalue weighted by Gasteiger charge is 2.64. The summed E-state index contributed by atoms with van der Waals surface area (Å²) in [6, 6.07) is 8.41. The first-order chi connectivity index (χ1) is 15.0. The van der Waals surface area contributed by atoms with E-state index >= 15 is 0 Å². The number of carbonyl (C=O) groups excluding carboxylic acids is 1. The van der Waals surface area contributed by atoms with E-state index in [1.807, 2.05) is 6.92 Å². The Balaban J connectivity index is 2.04. The second-order valence-electron chi connectivity index (χ2n) is 7.37. The molecule has 1 unspecified atom stereocenters. The van der Waals surface area contributed by atoms with Gasteiger partial charge in [0, 0.05) is 33.3 Å². The Bertz CT molecular complexity index is 1060. The smallest absolute Gasteiger partial charge is 0.352 e. The van der Waals surface area contributed by atoms with Crippen molar-refractivity contribution in [3.63, 3.8) is 0 Å². The Kier molecular flexibility index (Phi) is 7.49. The first kappa shape index (κ1) is 24.9. The zero-order chi connectivity index (χ0) is 23.7. The number of alkyl halides is 3. The minimum atomic E-state index is -4.84. The molecule has 1 amide bonds. The van der Waals surface area contributed by atoms with Crippen LogP contribution in [0.5, 0.6) is 0 Å². The van der Waals surface area contributed by atoms with Crippen LogP contribution in [0, 0.1) is 6.92 Å². The Morgan fingerprint density at radius 1 is 1.19 bits per heavy atom. The molecule has 1 atom stereocenters. The van der Waals surface area contributed by atoms with Crippen LogP contribution >= 0.6 is 39.1 Å². The number of rotatable bonds is 6. The molecule has 2 aromatic rings. The average Bonchev–Trinajstić information content (AvgIpc) is 3.05. The van der Waals surface area contributed by atoms with Gasteiger partial charge in [0.25, 0.3) is 5.91 Å². The van der Waals surface area contributed by atoms with Gasteiger partial charge < -0.3 is 5.32 Å². The molecular weight excluding hydrogens is 532 g/mol. The monoisotopic (exact) mass is 550 g/mol. The molecule has 1 heterocycles. The van der Waals surface area contributed by atoms with Gasteiger partial charge in [-0.3, -0.25) is 10.3 Å². The van der Waals surface area contributed by atoms with E-state index in [2.05, 4.69) is 26.7 Å². The first-order valence-corrected chi connectivity index (χ1v) is 11.3. The highest BCUT2D eigenvalue weighted by molar-refractivity contribution is 9.12. The van der Waals surface area contributed by atoms with E-state index in [1.165, 1.54) is 6.07 Å². The van der Waals surface area contributed by atoms with Gasteiger partial charge >= 0.3 is 6.18 Å². The number of halogens is 6. The summed E-state index contributed by atoms with van der Waals surface area (Å²) in [7, 11) is 0. The zero-order valence-corrected chi connectivity index (χ0v) is 20.3. The maximum atomic E-state index is 14.3. The van der Waals surface area contributed by atoms with Crippen LogP contribution in [-0.2, 0) is 10.4 Å². The Morgan fingerprint density at radius 3 is 2.41 bits per heavy atom. The van der Waals surface area contributed by atoms with Gasteiger partial charge in [-0.25, -0.2) is 4.84 Å². The van der Waals surface area contributed by atoms with Gasteiger partial charge in [0.05, 0.1) is 10.2 Å². The van der Waals surface area contributed by atoms with Crippen LogP contribution in [-0.4, -0.2) is 18.6 Å². The third-order valence-corrected chi connectivity index (χ3v) is 6.47. The first-order valence-electron chi connectivity index (χ1n) is 9.78. The number of carbonyl (C=O) groups is 1. The van der Waals surface area contributed by atoms with Crippen molar-refractivity contribution >= 4 is 50.7 Å². The lowest BCUT2D eigenvalue weighted by atomic mass is 9.91. The van der Waals surface area contributed by atoms with Crippen molar-refractivity contribution in [1.82, 2.24) is 10.8 Å². The maximum absolute atomic E-state index is 14.3. The third kappa shape index (κ3) is 4.64. The minimum absolute atomic E-state index is 0.0442. The molecular formula is C22H20BrCl2F3N2O2. The molecule has 0 aromatic heterocycles. The fourth-order valence-electron chi connectivity index (χ4n) is 3.42. The topological polar surface area (TPSA) is 50.4 Å². The predicted molar refractivity (Wildman–Crippen MR) is 123 cm³/mol. The second kappa shape index (κ2) is 9.63. The molecule has 0 fully saturated rings. The van der Waals surface area contributed by atoms with Crippen LogP contribution in [0.1, 0.15) is 46.8 Å². The number of aryl methyl sites for hydroxylation is 1. The van der Waals surface area contributed by atoms with E-state index < -0.39 is 11.8 Å². The molecule has 0 spiro atoms. The van der Waals surface area contributed by atoms with Crippen molar-refractivity contribution in [2.45, 2.75) is 38.5 Å². The molecule has 0 bridgehead atoms. The van der Waals surface area contributed by atoms with Crippen LogP contribution in [0.4, 0.5) is 13.2 Å². The van der Waals surface area contributed by atoms with Crippen molar-refractivity contribution in [3.05, 3.63) is 73.2 Å². The highest BCUT2D eigenvalue weighted by atomic mass is 79.9. The predicted octanol–water partition coefficient (Wildman–Crippen LogP) is 6.89.